The summed E-state index contributed by atoms with van der Waals surface area (Å²) in [6.45, 7) is 0. The number of aromatic nitrogens is 1. The molecule has 1 heterocycles. The van der Waals surface area contributed by atoms with E-state index in [9.17, 15) is 4.79 Å². The highest BCUT2D eigenvalue weighted by Crippen LogP contribution is 2.24. The zero-order valence-electron chi connectivity index (χ0n) is 9.55. The average molecular weight is 264 g/mol. The first-order chi connectivity index (χ1) is 8.60. The number of hydrogen-bond acceptors (Lipinski definition) is 3. The quantitative estimate of drug-likeness (QED) is 0.924. The predicted molar refractivity (Wildman–Crippen MR) is 68.2 cm³/mol. The van der Waals surface area contributed by atoms with Gasteiger partial charge in [-0.3, -0.25) is 0 Å². The molecule has 18 heavy (non-hydrogen) atoms. The molecule has 2 aromatic rings. The van der Waals surface area contributed by atoms with Crippen LogP contribution in [-0.2, 0) is 0 Å². The number of aromatic carboxylic acids is 1. The Kier molecular flexibility index (Phi) is 3.48. The number of carboxylic acid groups (broad SMARTS) is 1. The molecule has 0 atom stereocenters. The largest absolute Gasteiger partial charge is 0.497 e. The first-order valence-electron chi connectivity index (χ1n) is 5.15. The molecule has 5 heteroatoms. The molecule has 0 saturated carbocycles. The molecule has 1 aromatic heterocycles. The molecule has 2 rings (SSSR count). The van der Waals surface area contributed by atoms with E-state index in [4.69, 9.17) is 21.4 Å². The van der Waals surface area contributed by atoms with Gasteiger partial charge in [0.2, 0.25) is 0 Å². The van der Waals surface area contributed by atoms with Crippen molar-refractivity contribution in [1.29, 1.82) is 0 Å². The van der Waals surface area contributed by atoms with Crippen molar-refractivity contribution in [2.45, 2.75) is 0 Å². The van der Waals surface area contributed by atoms with Crippen molar-refractivity contribution < 1.29 is 14.6 Å². The number of nitrogens with zero attached hydrogens (tertiary/aromatic N) is 1. The standard InChI is InChI=1S/C13H10ClNO3/c1-18-10-6-11(15-12(7-10)13(16)17)8-2-4-9(14)5-3-8/h2-7H,1H3,(H,16,17). The predicted octanol–water partition coefficient (Wildman–Crippen LogP) is 3.11. The molecule has 0 aliphatic carbocycles. The zero-order chi connectivity index (χ0) is 13.1. The van der Waals surface area contributed by atoms with Gasteiger partial charge in [-0.2, -0.15) is 0 Å². The molecular weight excluding hydrogens is 254 g/mol. The summed E-state index contributed by atoms with van der Waals surface area (Å²) in [5.74, 6) is -0.642. The molecule has 0 radical (unpaired) electrons. The molecule has 92 valence electrons. The first-order valence-corrected chi connectivity index (χ1v) is 5.53. The summed E-state index contributed by atoms with van der Waals surface area (Å²) in [5, 5.41) is 9.59. The Bertz CT molecular complexity index is 581. The minimum atomic E-state index is -1.09. The lowest BCUT2D eigenvalue weighted by Gasteiger charge is -2.06. The maximum atomic E-state index is 11.0. The molecule has 0 bridgehead atoms. The Labute approximate surface area is 109 Å². The van der Waals surface area contributed by atoms with Crippen LogP contribution in [0, 0.1) is 0 Å². The normalized spacial score (nSPS) is 10.1. The van der Waals surface area contributed by atoms with E-state index >= 15 is 0 Å². The van der Waals surface area contributed by atoms with Crippen molar-refractivity contribution in [3.63, 3.8) is 0 Å². The van der Waals surface area contributed by atoms with Crippen molar-refractivity contribution in [2.24, 2.45) is 0 Å². The van der Waals surface area contributed by atoms with Gasteiger partial charge < -0.3 is 9.84 Å². The van der Waals surface area contributed by atoms with Gasteiger partial charge in [-0.1, -0.05) is 23.7 Å². The van der Waals surface area contributed by atoms with E-state index in [1.165, 1.54) is 13.2 Å². The van der Waals surface area contributed by atoms with Crippen LogP contribution in [0.4, 0.5) is 0 Å². The monoisotopic (exact) mass is 263 g/mol. The third kappa shape index (κ3) is 2.60. The Morgan fingerprint density at radius 2 is 1.94 bits per heavy atom. The van der Waals surface area contributed by atoms with E-state index < -0.39 is 5.97 Å². The second-order valence-corrected chi connectivity index (χ2v) is 4.03. The Hall–Kier alpha value is -2.07. The van der Waals surface area contributed by atoms with Gasteiger partial charge in [0.05, 0.1) is 12.8 Å². The smallest absolute Gasteiger partial charge is 0.354 e. The summed E-state index contributed by atoms with van der Waals surface area (Å²) in [6.07, 6.45) is 0. The topological polar surface area (TPSA) is 59.4 Å². The van der Waals surface area contributed by atoms with Gasteiger partial charge in [0, 0.05) is 22.7 Å². The third-order valence-electron chi connectivity index (χ3n) is 2.39. The molecule has 1 aromatic carbocycles. The summed E-state index contributed by atoms with van der Waals surface area (Å²) >= 11 is 5.80. The van der Waals surface area contributed by atoms with Crippen LogP contribution in [0.2, 0.25) is 5.02 Å². The van der Waals surface area contributed by atoms with Gasteiger partial charge >= 0.3 is 5.97 Å². The number of pyridine rings is 1. The van der Waals surface area contributed by atoms with Crippen LogP contribution in [0.1, 0.15) is 10.5 Å². The fraction of sp³-hybridized carbons (Fsp3) is 0.0769. The molecule has 0 saturated heterocycles. The molecule has 4 nitrogen and oxygen atoms in total. The minimum absolute atomic E-state index is 0.0562. The fourth-order valence-electron chi connectivity index (χ4n) is 1.50. The van der Waals surface area contributed by atoms with Crippen molar-refractivity contribution >= 4 is 17.6 Å². The maximum Gasteiger partial charge on any atom is 0.354 e. The van der Waals surface area contributed by atoms with E-state index in [2.05, 4.69) is 4.98 Å². The molecule has 0 unspecified atom stereocenters. The number of hydrogen-bond donors (Lipinski definition) is 1. The van der Waals surface area contributed by atoms with E-state index in [1.807, 2.05) is 0 Å². The number of carbonyl (C=O) groups is 1. The molecule has 0 fully saturated rings. The number of ether oxygens (including phenoxy) is 1. The summed E-state index contributed by atoms with van der Waals surface area (Å²) in [4.78, 5) is 15.0. The molecule has 0 spiro atoms. The van der Waals surface area contributed by atoms with Gasteiger partial charge in [0.15, 0.2) is 5.69 Å². The van der Waals surface area contributed by atoms with Gasteiger partial charge in [-0.15, -0.1) is 0 Å². The van der Waals surface area contributed by atoms with E-state index in [1.54, 1.807) is 30.3 Å². The van der Waals surface area contributed by atoms with Crippen LogP contribution in [0.15, 0.2) is 36.4 Å². The minimum Gasteiger partial charge on any atom is -0.497 e. The average Bonchev–Trinajstić information content (AvgIpc) is 2.39. The Morgan fingerprint density at radius 3 is 2.50 bits per heavy atom. The number of halogens is 1. The van der Waals surface area contributed by atoms with Crippen molar-refractivity contribution in [2.75, 3.05) is 7.11 Å². The lowest BCUT2D eigenvalue weighted by atomic mass is 10.1. The van der Waals surface area contributed by atoms with Crippen LogP contribution in [0.5, 0.6) is 5.75 Å². The lowest BCUT2D eigenvalue weighted by molar-refractivity contribution is 0.0690. The number of benzene rings is 1. The molecule has 1 N–H and O–H groups in total. The van der Waals surface area contributed by atoms with Crippen molar-refractivity contribution in [1.82, 2.24) is 4.98 Å². The van der Waals surface area contributed by atoms with Gasteiger partial charge in [-0.25, -0.2) is 9.78 Å². The maximum absolute atomic E-state index is 11.0. The second-order valence-electron chi connectivity index (χ2n) is 3.59. The number of rotatable bonds is 3. The first kappa shape index (κ1) is 12.4. The van der Waals surface area contributed by atoms with Crippen LogP contribution >= 0.6 is 11.6 Å². The van der Waals surface area contributed by atoms with Crippen LogP contribution < -0.4 is 4.74 Å². The summed E-state index contributed by atoms with van der Waals surface area (Å²) in [6, 6.07) is 10.0. The van der Waals surface area contributed by atoms with E-state index in [-0.39, 0.29) is 5.69 Å². The van der Waals surface area contributed by atoms with Crippen LogP contribution in [0.25, 0.3) is 11.3 Å². The highest BCUT2D eigenvalue weighted by molar-refractivity contribution is 6.30. The molecular formula is C13H10ClNO3. The van der Waals surface area contributed by atoms with Crippen molar-refractivity contribution in [3.8, 4) is 17.0 Å². The summed E-state index contributed by atoms with van der Waals surface area (Å²) in [7, 11) is 1.48. The van der Waals surface area contributed by atoms with Crippen molar-refractivity contribution in [3.05, 3.63) is 47.1 Å². The molecule has 0 aliphatic heterocycles. The summed E-state index contributed by atoms with van der Waals surface area (Å²) in [5.41, 5.74) is 1.25. The molecule has 0 aliphatic rings. The lowest BCUT2D eigenvalue weighted by Crippen LogP contribution is -2.02. The fourth-order valence-corrected chi connectivity index (χ4v) is 1.63. The second kappa shape index (κ2) is 5.06. The van der Waals surface area contributed by atoms with Gasteiger partial charge in [0.1, 0.15) is 5.75 Å². The number of carboxylic acids is 1. The highest BCUT2D eigenvalue weighted by atomic mass is 35.5. The summed E-state index contributed by atoms with van der Waals surface area (Å²) < 4.78 is 5.06. The van der Waals surface area contributed by atoms with Crippen LogP contribution in [0.3, 0.4) is 0 Å². The highest BCUT2D eigenvalue weighted by Gasteiger charge is 2.10. The van der Waals surface area contributed by atoms with Gasteiger partial charge in [0.25, 0.3) is 0 Å². The SMILES string of the molecule is COc1cc(C(=O)O)nc(-c2ccc(Cl)cc2)c1. The Morgan fingerprint density at radius 1 is 1.28 bits per heavy atom. The Balaban J connectivity index is 2.52. The zero-order valence-corrected chi connectivity index (χ0v) is 10.3. The van der Waals surface area contributed by atoms with E-state index in [0.717, 1.165) is 5.56 Å². The van der Waals surface area contributed by atoms with Gasteiger partial charge in [-0.05, 0) is 12.1 Å². The number of methoxy groups -OCH3 is 1. The third-order valence-corrected chi connectivity index (χ3v) is 2.65. The molecule has 0 amide bonds. The van der Waals surface area contributed by atoms with E-state index in [0.29, 0.717) is 16.5 Å². The van der Waals surface area contributed by atoms with Crippen LogP contribution in [-0.4, -0.2) is 23.2 Å².